The van der Waals surface area contributed by atoms with E-state index in [1.807, 2.05) is 0 Å². The van der Waals surface area contributed by atoms with E-state index in [0.717, 1.165) is 6.07 Å². The molecule has 3 rings (SSSR count). The molecule has 0 spiro atoms. The first-order chi connectivity index (χ1) is 10.9. The summed E-state index contributed by atoms with van der Waals surface area (Å²) in [6, 6.07) is 3.95. The molecule has 3 aromatic heterocycles. The third-order valence-corrected chi connectivity index (χ3v) is 2.93. The summed E-state index contributed by atoms with van der Waals surface area (Å²) in [5.41, 5.74) is -0.0500. The highest BCUT2D eigenvalue weighted by atomic mass is 19.4. The minimum atomic E-state index is -4.57. The lowest BCUT2D eigenvalue weighted by atomic mass is 10.2. The zero-order valence-electron chi connectivity index (χ0n) is 11.9. The van der Waals surface area contributed by atoms with E-state index in [1.54, 1.807) is 25.4 Å². The number of anilines is 2. The van der Waals surface area contributed by atoms with Crippen LogP contribution in [0.25, 0.3) is 11.4 Å². The maximum absolute atomic E-state index is 13.1. The Labute approximate surface area is 129 Å². The van der Waals surface area contributed by atoms with Gasteiger partial charge in [-0.2, -0.15) is 18.3 Å². The summed E-state index contributed by atoms with van der Waals surface area (Å²) in [7, 11) is 1.70. The number of rotatable bonds is 3. The van der Waals surface area contributed by atoms with Crippen molar-refractivity contribution in [1.29, 1.82) is 0 Å². The standard InChI is InChI=1S/C14H11F3N6/c1-23-8-10(7-19-23)20-12-6-11(14(15,16)17)21-13(22-12)9-2-4-18-5-3-9/h2-8H,1H3,(H,20,21,22). The molecule has 0 unspecified atom stereocenters. The van der Waals surface area contributed by atoms with Crippen molar-refractivity contribution in [3.8, 4) is 11.4 Å². The van der Waals surface area contributed by atoms with Crippen LogP contribution >= 0.6 is 0 Å². The van der Waals surface area contributed by atoms with Crippen LogP contribution in [0, 0.1) is 0 Å². The number of hydrogen-bond donors (Lipinski definition) is 1. The molecule has 0 aromatic carbocycles. The van der Waals surface area contributed by atoms with Crippen molar-refractivity contribution in [1.82, 2.24) is 24.7 Å². The number of nitrogens with zero attached hydrogens (tertiary/aromatic N) is 5. The van der Waals surface area contributed by atoms with Crippen molar-refractivity contribution in [2.75, 3.05) is 5.32 Å². The Kier molecular flexibility index (Phi) is 3.68. The van der Waals surface area contributed by atoms with Crippen LogP contribution in [-0.2, 0) is 13.2 Å². The Morgan fingerprint density at radius 3 is 2.48 bits per heavy atom. The van der Waals surface area contributed by atoms with E-state index in [9.17, 15) is 13.2 Å². The number of aromatic nitrogens is 5. The van der Waals surface area contributed by atoms with Crippen molar-refractivity contribution in [2.24, 2.45) is 7.05 Å². The zero-order chi connectivity index (χ0) is 16.4. The smallest absolute Gasteiger partial charge is 0.338 e. The monoisotopic (exact) mass is 320 g/mol. The molecule has 9 heteroatoms. The van der Waals surface area contributed by atoms with Gasteiger partial charge in [0.2, 0.25) is 0 Å². The maximum atomic E-state index is 13.1. The second-order valence-electron chi connectivity index (χ2n) is 4.72. The van der Waals surface area contributed by atoms with Crippen LogP contribution in [0.3, 0.4) is 0 Å². The fourth-order valence-electron chi connectivity index (χ4n) is 1.92. The molecule has 0 bridgehead atoms. The first-order valence-electron chi connectivity index (χ1n) is 6.54. The first-order valence-corrected chi connectivity index (χ1v) is 6.54. The van der Waals surface area contributed by atoms with Crippen LogP contribution in [0.1, 0.15) is 5.69 Å². The average Bonchev–Trinajstić information content (AvgIpc) is 2.92. The largest absolute Gasteiger partial charge is 0.433 e. The Balaban J connectivity index is 2.05. The predicted octanol–water partition coefficient (Wildman–Crippen LogP) is 3.03. The second-order valence-corrected chi connectivity index (χ2v) is 4.72. The average molecular weight is 320 g/mol. The van der Waals surface area contributed by atoms with E-state index in [0.29, 0.717) is 11.3 Å². The minimum absolute atomic E-state index is 0.0337. The lowest BCUT2D eigenvalue weighted by molar-refractivity contribution is -0.141. The van der Waals surface area contributed by atoms with Gasteiger partial charge in [0, 0.05) is 37.3 Å². The molecule has 0 aliphatic heterocycles. The Morgan fingerprint density at radius 2 is 1.87 bits per heavy atom. The van der Waals surface area contributed by atoms with E-state index >= 15 is 0 Å². The van der Waals surface area contributed by atoms with E-state index in [2.05, 4.69) is 25.4 Å². The van der Waals surface area contributed by atoms with Crippen LogP contribution in [0.4, 0.5) is 24.7 Å². The van der Waals surface area contributed by atoms with Crippen LogP contribution in [0.2, 0.25) is 0 Å². The van der Waals surface area contributed by atoms with Crippen molar-refractivity contribution in [3.63, 3.8) is 0 Å². The second kappa shape index (κ2) is 5.67. The van der Waals surface area contributed by atoms with Gasteiger partial charge >= 0.3 is 6.18 Å². The van der Waals surface area contributed by atoms with Gasteiger partial charge in [-0.3, -0.25) is 9.67 Å². The summed E-state index contributed by atoms with van der Waals surface area (Å²) < 4.78 is 40.7. The third kappa shape index (κ3) is 3.44. The van der Waals surface area contributed by atoms with Crippen LogP contribution in [0.5, 0.6) is 0 Å². The summed E-state index contributed by atoms with van der Waals surface area (Å²) in [6.07, 6.45) is 1.47. The number of hydrogen-bond acceptors (Lipinski definition) is 5. The molecule has 1 N–H and O–H groups in total. The van der Waals surface area contributed by atoms with Crippen molar-refractivity contribution < 1.29 is 13.2 Å². The van der Waals surface area contributed by atoms with E-state index in [1.165, 1.54) is 23.3 Å². The van der Waals surface area contributed by atoms with Gasteiger partial charge in [0.15, 0.2) is 11.5 Å². The van der Waals surface area contributed by atoms with Gasteiger partial charge in [-0.15, -0.1) is 0 Å². The predicted molar refractivity (Wildman–Crippen MR) is 76.8 cm³/mol. The Bertz CT molecular complexity index is 813. The summed E-state index contributed by atoms with van der Waals surface area (Å²) in [5.74, 6) is 0.000697. The fourth-order valence-corrected chi connectivity index (χ4v) is 1.92. The number of aryl methyl sites for hydroxylation is 1. The van der Waals surface area contributed by atoms with Gasteiger partial charge in [0.25, 0.3) is 0 Å². The molecule has 0 fully saturated rings. The molecule has 6 nitrogen and oxygen atoms in total. The highest BCUT2D eigenvalue weighted by Crippen LogP contribution is 2.31. The first kappa shape index (κ1) is 14.9. The van der Waals surface area contributed by atoms with E-state index < -0.39 is 11.9 Å². The van der Waals surface area contributed by atoms with Gasteiger partial charge in [0.1, 0.15) is 5.82 Å². The summed E-state index contributed by atoms with van der Waals surface area (Å²) in [4.78, 5) is 11.6. The van der Waals surface area contributed by atoms with Gasteiger partial charge < -0.3 is 5.32 Å². The highest BCUT2D eigenvalue weighted by molar-refractivity contribution is 5.60. The molecule has 3 aromatic rings. The minimum Gasteiger partial charge on any atom is -0.338 e. The molecule has 0 aliphatic rings. The van der Waals surface area contributed by atoms with Gasteiger partial charge in [-0.1, -0.05) is 0 Å². The number of alkyl halides is 3. The quantitative estimate of drug-likeness (QED) is 0.803. The molecule has 0 amide bonds. The van der Waals surface area contributed by atoms with Gasteiger partial charge in [-0.05, 0) is 12.1 Å². The van der Waals surface area contributed by atoms with Gasteiger partial charge in [-0.25, -0.2) is 9.97 Å². The number of pyridine rings is 1. The number of nitrogens with one attached hydrogen (secondary N) is 1. The molecule has 0 atom stereocenters. The van der Waals surface area contributed by atoms with E-state index in [4.69, 9.17) is 0 Å². The van der Waals surface area contributed by atoms with Crippen LogP contribution < -0.4 is 5.32 Å². The van der Waals surface area contributed by atoms with Gasteiger partial charge in [0.05, 0.1) is 11.9 Å². The third-order valence-electron chi connectivity index (χ3n) is 2.93. The molecule has 0 saturated carbocycles. The van der Waals surface area contributed by atoms with Crippen LogP contribution in [0.15, 0.2) is 43.0 Å². The summed E-state index contributed by atoms with van der Waals surface area (Å²) in [6.45, 7) is 0. The molecule has 118 valence electrons. The molecule has 0 aliphatic carbocycles. The number of halogens is 3. The molecular formula is C14H11F3N6. The summed E-state index contributed by atoms with van der Waals surface area (Å²) >= 11 is 0. The summed E-state index contributed by atoms with van der Waals surface area (Å²) in [5, 5.41) is 6.74. The SMILES string of the molecule is Cn1cc(Nc2cc(C(F)(F)F)nc(-c3ccncc3)n2)cn1. The fraction of sp³-hybridized carbons (Fsp3) is 0.143. The highest BCUT2D eigenvalue weighted by Gasteiger charge is 2.33. The van der Waals surface area contributed by atoms with Crippen LogP contribution in [-0.4, -0.2) is 24.7 Å². The van der Waals surface area contributed by atoms with E-state index in [-0.39, 0.29) is 11.6 Å². The Hall–Kier alpha value is -2.97. The zero-order valence-corrected chi connectivity index (χ0v) is 11.9. The molecule has 0 radical (unpaired) electrons. The molecule has 3 heterocycles. The molecule has 23 heavy (non-hydrogen) atoms. The molecule has 0 saturated heterocycles. The maximum Gasteiger partial charge on any atom is 0.433 e. The Morgan fingerprint density at radius 1 is 1.13 bits per heavy atom. The van der Waals surface area contributed by atoms with Crippen molar-refractivity contribution in [2.45, 2.75) is 6.18 Å². The normalized spacial score (nSPS) is 11.5. The van der Waals surface area contributed by atoms with Crippen molar-refractivity contribution in [3.05, 3.63) is 48.7 Å². The molecular weight excluding hydrogens is 309 g/mol. The van der Waals surface area contributed by atoms with Crippen molar-refractivity contribution >= 4 is 11.5 Å². The topological polar surface area (TPSA) is 68.5 Å². The lowest BCUT2D eigenvalue weighted by Gasteiger charge is -2.11. The lowest BCUT2D eigenvalue weighted by Crippen LogP contribution is -2.11.